The zero-order valence-corrected chi connectivity index (χ0v) is 15.4. The largest absolute Gasteiger partial charge is 0.493 e. The third-order valence-electron chi connectivity index (χ3n) is 3.05. The smallest absolute Gasteiger partial charge is 0.256 e. The molecule has 0 radical (unpaired) electrons. The summed E-state index contributed by atoms with van der Waals surface area (Å²) in [4.78, 5) is 13.6. The number of benzene rings is 2. The topological polar surface area (TPSA) is 47.6 Å². The van der Waals surface area contributed by atoms with Crippen LogP contribution < -0.4 is 14.8 Å². The molecule has 22 heavy (non-hydrogen) atoms. The lowest BCUT2D eigenvalue weighted by Crippen LogP contribution is -2.14. The highest BCUT2D eigenvalue weighted by atomic mass is 127. The summed E-state index contributed by atoms with van der Waals surface area (Å²) in [5.41, 5.74) is 1.32. The van der Waals surface area contributed by atoms with Crippen LogP contribution in [-0.2, 0) is 0 Å². The molecule has 116 valence electrons. The van der Waals surface area contributed by atoms with Gasteiger partial charge in [0.2, 0.25) is 0 Å². The first-order chi connectivity index (χ1) is 10.6. The van der Waals surface area contributed by atoms with Gasteiger partial charge in [0.25, 0.3) is 5.91 Å². The number of hydrogen-bond donors (Lipinski definition) is 1. The fourth-order valence-electron chi connectivity index (χ4n) is 1.93. The van der Waals surface area contributed by atoms with Crippen LogP contribution in [0.25, 0.3) is 0 Å². The molecule has 0 aromatic heterocycles. The maximum absolute atomic E-state index is 12.5. The van der Waals surface area contributed by atoms with Gasteiger partial charge in [-0.2, -0.15) is 0 Å². The molecule has 0 aliphatic carbocycles. The van der Waals surface area contributed by atoms with Gasteiger partial charge in [-0.1, -0.05) is 6.07 Å². The lowest BCUT2D eigenvalue weighted by atomic mass is 10.2. The molecule has 0 saturated heterocycles. The third kappa shape index (κ3) is 3.86. The number of halogens is 1. The summed E-state index contributed by atoms with van der Waals surface area (Å²) >= 11 is 3.74. The Kier molecular flexibility index (Phi) is 5.96. The minimum absolute atomic E-state index is 0.177. The molecule has 0 fully saturated rings. The van der Waals surface area contributed by atoms with Crippen LogP contribution in [0.1, 0.15) is 10.4 Å². The van der Waals surface area contributed by atoms with Gasteiger partial charge in [0.05, 0.1) is 19.8 Å². The molecule has 6 heteroatoms. The highest BCUT2D eigenvalue weighted by molar-refractivity contribution is 14.1. The second kappa shape index (κ2) is 7.73. The standard InChI is InChI=1S/C16H16INO3S/c1-20-14-8-12(13(17)9-15(14)21-2)16(19)18-10-5-4-6-11(7-10)22-3/h4-9H,1-3H3,(H,18,19). The Morgan fingerprint density at radius 2 is 1.82 bits per heavy atom. The molecule has 2 rings (SSSR count). The maximum Gasteiger partial charge on any atom is 0.256 e. The van der Waals surface area contributed by atoms with E-state index in [2.05, 4.69) is 27.9 Å². The van der Waals surface area contributed by atoms with Crippen molar-refractivity contribution in [1.29, 1.82) is 0 Å². The van der Waals surface area contributed by atoms with Crippen LogP contribution in [0.5, 0.6) is 11.5 Å². The molecule has 0 bridgehead atoms. The number of rotatable bonds is 5. The summed E-state index contributed by atoms with van der Waals surface area (Å²) in [7, 11) is 3.12. The second-order valence-electron chi connectivity index (χ2n) is 4.37. The predicted molar refractivity (Wildman–Crippen MR) is 98.4 cm³/mol. The highest BCUT2D eigenvalue weighted by Gasteiger charge is 2.15. The zero-order chi connectivity index (χ0) is 16.1. The van der Waals surface area contributed by atoms with Crippen LogP contribution in [0.15, 0.2) is 41.3 Å². The van der Waals surface area contributed by atoms with E-state index in [-0.39, 0.29) is 5.91 Å². The molecule has 2 aromatic carbocycles. The van der Waals surface area contributed by atoms with Crippen LogP contribution >= 0.6 is 34.4 Å². The number of nitrogens with one attached hydrogen (secondary N) is 1. The summed E-state index contributed by atoms with van der Waals surface area (Å²) < 4.78 is 11.3. The summed E-state index contributed by atoms with van der Waals surface area (Å²) in [6, 6.07) is 11.2. The van der Waals surface area contributed by atoms with Gasteiger partial charge in [-0.25, -0.2) is 0 Å². The molecule has 0 aliphatic heterocycles. The number of ether oxygens (including phenoxy) is 2. The van der Waals surface area contributed by atoms with E-state index in [0.717, 1.165) is 14.2 Å². The maximum atomic E-state index is 12.5. The Labute approximate surface area is 147 Å². The molecule has 1 amide bonds. The molecule has 2 aromatic rings. The Morgan fingerprint density at radius 1 is 1.14 bits per heavy atom. The molecule has 0 heterocycles. The van der Waals surface area contributed by atoms with Crippen LogP contribution in [-0.4, -0.2) is 26.4 Å². The number of carbonyl (C=O) groups is 1. The van der Waals surface area contributed by atoms with Gasteiger partial charge in [0.1, 0.15) is 0 Å². The van der Waals surface area contributed by atoms with Crippen molar-refractivity contribution in [2.45, 2.75) is 4.90 Å². The van der Waals surface area contributed by atoms with E-state index < -0.39 is 0 Å². The van der Waals surface area contributed by atoms with Crippen LogP contribution in [0.3, 0.4) is 0 Å². The molecule has 0 atom stereocenters. The van der Waals surface area contributed by atoms with Gasteiger partial charge in [0.15, 0.2) is 11.5 Å². The number of carbonyl (C=O) groups excluding carboxylic acids is 1. The number of thioether (sulfide) groups is 1. The van der Waals surface area contributed by atoms with Crippen molar-refractivity contribution in [3.63, 3.8) is 0 Å². The monoisotopic (exact) mass is 429 g/mol. The molecule has 0 aliphatic rings. The Hall–Kier alpha value is -1.41. The second-order valence-corrected chi connectivity index (χ2v) is 6.41. The molecule has 0 unspecified atom stereocenters. The van der Waals surface area contributed by atoms with Crippen LogP contribution in [0, 0.1) is 3.57 Å². The minimum Gasteiger partial charge on any atom is -0.493 e. The molecule has 0 spiro atoms. The van der Waals surface area contributed by atoms with Crippen LogP contribution in [0.2, 0.25) is 0 Å². The van der Waals surface area contributed by atoms with Gasteiger partial charge in [-0.05, 0) is 59.2 Å². The molecular formula is C16H16INO3S. The van der Waals surface area contributed by atoms with Gasteiger partial charge >= 0.3 is 0 Å². The highest BCUT2D eigenvalue weighted by Crippen LogP contribution is 2.31. The summed E-state index contributed by atoms with van der Waals surface area (Å²) in [6.45, 7) is 0. The number of methoxy groups -OCH3 is 2. The van der Waals surface area contributed by atoms with Gasteiger partial charge < -0.3 is 14.8 Å². The normalized spacial score (nSPS) is 10.2. The third-order valence-corrected chi connectivity index (χ3v) is 4.66. The quantitative estimate of drug-likeness (QED) is 0.570. The lowest BCUT2D eigenvalue weighted by molar-refractivity contribution is 0.102. The minimum atomic E-state index is -0.177. The van der Waals surface area contributed by atoms with E-state index in [1.165, 1.54) is 0 Å². The number of amides is 1. The molecule has 0 saturated carbocycles. The van der Waals surface area contributed by atoms with Gasteiger partial charge in [-0.15, -0.1) is 11.8 Å². The van der Waals surface area contributed by atoms with Crippen molar-refractivity contribution in [3.8, 4) is 11.5 Å². The molecule has 1 N–H and O–H groups in total. The fraction of sp³-hybridized carbons (Fsp3) is 0.188. The summed E-state index contributed by atoms with van der Waals surface area (Å²) in [5, 5.41) is 2.91. The first kappa shape index (κ1) is 17.0. The van der Waals surface area contributed by atoms with Crippen molar-refractivity contribution >= 4 is 45.9 Å². The van der Waals surface area contributed by atoms with Crippen molar-refractivity contribution in [2.24, 2.45) is 0 Å². The van der Waals surface area contributed by atoms with Gasteiger partial charge in [0, 0.05) is 14.2 Å². The SMILES string of the molecule is COc1cc(I)c(C(=O)Nc2cccc(SC)c2)cc1OC. The van der Waals surface area contributed by atoms with Gasteiger partial charge in [-0.3, -0.25) is 4.79 Å². The molecular weight excluding hydrogens is 413 g/mol. The summed E-state index contributed by atoms with van der Waals surface area (Å²) in [5.74, 6) is 0.961. The Bertz CT molecular complexity index is 691. The van der Waals surface area contributed by atoms with E-state index in [4.69, 9.17) is 9.47 Å². The van der Waals surface area contributed by atoms with E-state index >= 15 is 0 Å². The van der Waals surface area contributed by atoms with Crippen molar-refractivity contribution < 1.29 is 14.3 Å². The Morgan fingerprint density at radius 3 is 2.45 bits per heavy atom. The van der Waals surface area contributed by atoms with Crippen molar-refractivity contribution in [2.75, 3.05) is 25.8 Å². The summed E-state index contributed by atoms with van der Waals surface area (Å²) in [6.07, 6.45) is 2.00. The van der Waals surface area contributed by atoms with Crippen molar-refractivity contribution in [1.82, 2.24) is 0 Å². The van der Waals surface area contributed by atoms with E-state index in [9.17, 15) is 4.79 Å². The van der Waals surface area contributed by atoms with Crippen molar-refractivity contribution in [3.05, 3.63) is 45.5 Å². The Balaban J connectivity index is 2.29. The average Bonchev–Trinajstić information content (AvgIpc) is 2.54. The zero-order valence-electron chi connectivity index (χ0n) is 12.5. The van der Waals surface area contributed by atoms with E-state index in [1.54, 1.807) is 38.1 Å². The number of hydrogen-bond acceptors (Lipinski definition) is 4. The average molecular weight is 429 g/mol. The first-order valence-electron chi connectivity index (χ1n) is 6.46. The van der Waals surface area contributed by atoms with E-state index in [0.29, 0.717) is 17.1 Å². The first-order valence-corrected chi connectivity index (χ1v) is 8.76. The molecule has 4 nitrogen and oxygen atoms in total. The van der Waals surface area contributed by atoms with Crippen LogP contribution in [0.4, 0.5) is 5.69 Å². The predicted octanol–water partition coefficient (Wildman–Crippen LogP) is 4.28. The fourth-order valence-corrected chi connectivity index (χ4v) is 3.07. The number of anilines is 1. The lowest BCUT2D eigenvalue weighted by Gasteiger charge is -2.12. The van der Waals surface area contributed by atoms with E-state index in [1.807, 2.05) is 30.5 Å².